The zero-order valence-corrected chi connectivity index (χ0v) is 14.8. The van der Waals surface area contributed by atoms with Crippen molar-refractivity contribution < 1.29 is 28.6 Å². The summed E-state index contributed by atoms with van der Waals surface area (Å²) < 4.78 is 28.1. The molecule has 3 rings (SSSR count). The predicted molar refractivity (Wildman–Crippen MR) is 95.3 cm³/mol. The lowest BCUT2D eigenvalue weighted by Gasteiger charge is -2.08. The van der Waals surface area contributed by atoms with Gasteiger partial charge < -0.3 is 15.5 Å². The highest BCUT2D eigenvalue weighted by molar-refractivity contribution is 7.15. The van der Waals surface area contributed by atoms with E-state index in [4.69, 9.17) is 0 Å². The first-order valence-corrected chi connectivity index (χ1v) is 8.99. The fourth-order valence-corrected chi connectivity index (χ4v) is 3.98. The zero-order chi connectivity index (χ0) is 19.0. The lowest BCUT2D eigenvalue weighted by Crippen LogP contribution is -2.13. The Morgan fingerprint density at radius 2 is 1.81 bits per heavy atom. The summed E-state index contributed by atoms with van der Waals surface area (Å²) in [7, 11) is 0. The molecule has 9 heteroatoms. The third-order valence-electron chi connectivity index (χ3n) is 3.68. The van der Waals surface area contributed by atoms with Crippen molar-refractivity contribution in [3.63, 3.8) is 0 Å². The Hall–Kier alpha value is -2.78. The molecule has 134 valence electrons. The number of aromatic hydroxyl groups is 1. The number of benzene rings is 1. The maximum Gasteiger partial charge on any atom is 0.339 e. The number of carboxylic acids is 1. The number of anilines is 1. The van der Waals surface area contributed by atoms with Crippen LogP contribution in [0.5, 0.6) is 5.75 Å². The molecule has 0 unspecified atom stereocenters. The molecule has 1 amide bonds. The number of hydrogen-bond acceptors (Lipinski definition) is 5. The minimum atomic E-state index is -1.40. The molecule has 0 saturated heterocycles. The lowest BCUT2D eigenvalue weighted by molar-refractivity contribution is 0.0699. The summed E-state index contributed by atoms with van der Waals surface area (Å²) in [6.45, 7) is 1.40. The summed E-state index contributed by atoms with van der Waals surface area (Å²) in [5.74, 6) is -4.54. The van der Waals surface area contributed by atoms with Crippen LogP contribution in [0.4, 0.5) is 13.8 Å². The largest absolute Gasteiger partial charge is 0.506 e. The number of aromatic carboxylic acids is 1. The molecular weight excluding hydrogens is 384 g/mol. The summed E-state index contributed by atoms with van der Waals surface area (Å²) in [6.07, 6.45) is 0. The van der Waals surface area contributed by atoms with Gasteiger partial charge in [0.1, 0.15) is 16.3 Å². The maximum absolute atomic E-state index is 14.3. The quantitative estimate of drug-likeness (QED) is 0.597. The summed E-state index contributed by atoms with van der Waals surface area (Å²) in [5, 5.41) is 25.6. The van der Waals surface area contributed by atoms with E-state index in [2.05, 4.69) is 5.32 Å². The molecule has 0 atom stereocenters. The lowest BCUT2D eigenvalue weighted by atomic mass is 10.0. The smallest absolute Gasteiger partial charge is 0.339 e. The molecule has 0 bridgehead atoms. The van der Waals surface area contributed by atoms with Crippen LogP contribution in [-0.4, -0.2) is 22.1 Å². The van der Waals surface area contributed by atoms with E-state index in [-0.39, 0.29) is 38.6 Å². The summed E-state index contributed by atoms with van der Waals surface area (Å²) in [6, 6.07) is 2.64. The number of aryl methyl sites for hydroxylation is 1. The van der Waals surface area contributed by atoms with Crippen LogP contribution in [0, 0.1) is 18.6 Å². The summed E-state index contributed by atoms with van der Waals surface area (Å²) in [5.41, 5.74) is -0.502. The van der Waals surface area contributed by atoms with Crippen LogP contribution < -0.4 is 5.32 Å². The van der Waals surface area contributed by atoms with Gasteiger partial charge >= 0.3 is 5.97 Å². The van der Waals surface area contributed by atoms with E-state index in [1.807, 2.05) is 0 Å². The number of nitrogens with one attached hydrogen (secondary N) is 1. The number of thiophene rings is 2. The Labute approximate surface area is 154 Å². The molecule has 2 aromatic heterocycles. The van der Waals surface area contributed by atoms with Crippen LogP contribution in [0.15, 0.2) is 28.3 Å². The Bertz CT molecular complexity index is 1030. The average molecular weight is 395 g/mol. The average Bonchev–Trinajstić information content (AvgIpc) is 3.19. The van der Waals surface area contributed by atoms with Crippen LogP contribution >= 0.6 is 22.7 Å². The summed E-state index contributed by atoms with van der Waals surface area (Å²) in [4.78, 5) is 23.9. The highest BCUT2D eigenvalue weighted by Crippen LogP contribution is 2.38. The molecule has 0 aliphatic heterocycles. The van der Waals surface area contributed by atoms with Crippen LogP contribution in [-0.2, 0) is 0 Å². The van der Waals surface area contributed by atoms with Gasteiger partial charge in [-0.15, -0.1) is 22.7 Å². The molecule has 0 saturated carbocycles. The first kappa shape index (κ1) is 18.0. The molecule has 5 nitrogen and oxygen atoms in total. The van der Waals surface area contributed by atoms with Crippen molar-refractivity contribution in [1.29, 1.82) is 0 Å². The number of hydrogen-bond donors (Lipinski definition) is 3. The monoisotopic (exact) mass is 395 g/mol. The second kappa shape index (κ2) is 6.85. The van der Waals surface area contributed by atoms with E-state index in [0.717, 1.165) is 22.7 Å². The predicted octanol–water partition coefficient (Wildman–Crippen LogP) is 4.72. The number of halogens is 2. The van der Waals surface area contributed by atoms with E-state index in [9.17, 15) is 28.6 Å². The molecule has 26 heavy (non-hydrogen) atoms. The Morgan fingerprint density at radius 1 is 1.08 bits per heavy atom. The maximum atomic E-state index is 14.3. The van der Waals surface area contributed by atoms with Crippen molar-refractivity contribution in [2.75, 3.05) is 5.32 Å². The molecule has 0 radical (unpaired) electrons. The first-order valence-electron chi connectivity index (χ1n) is 7.17. The topological polar surface area (TPSA) is 86.6 Å². The van der Waals surface area contributed by atoms with Gasteiger partial charge in [0.2, 0.25) is 0 Å². The third-order valence-corrected chi connectivity index (χ3v) is 5.31. The molecule has 0 aliphatic carbocycles. The van der Waals surface area contributed by atoms with Crippen molar-refractivity contribution in [2.45, 2.75) is 6.92 Å². The minimum absolute atomic E-state index is 0.00569. The SMILES string of the molecule is Cc1ccc(-c2csc(NC(=O)c3cscc3O)c2C(=O)O)c(F)c1F. The van der Waals surface area contributed by atoms with Crippen LogP contribution in [0.25, 0.3) is 11.1 Å². The number of carboxylic acid groups (broad SMARTS) is 1. The Morgan fingerprint density at radius 3 is 2.42 bits per heavy atom. The van der Waals surface area contributed by atoms with E-state index >= 15 is 0 Å². The Balaban J connectivity index is 2.05. The molecule has 0 aliphatic rings. The normalized spacial score (nSPS) is 10.7. The van der Waals surface area contributed by atoms with Crippen molar-refractivity contribution in [3.05, 3.63) is 56.6 Å². The van der Waals surface area contributed by atoms with Gasteiger partial charge in [-0.25, -0.2) is 13.6 Å². The molecule has 3 N–H and O–H groups in total. The van der Waals surface area contributed by atoms with Gasteiger partial charge in [-0.3, -0.25) is 4.79 Å². The van der Waals surface area contributed by atoms with Gasteiger partial charge in [0.05, 0.1) is 5.56 Å². The zero-order valence-electron chi connectivity index (χ0n) is 13.2. The fourth-order valence-electron chi connectivity index (χ4n) is 2.35. The minimum Gasteiger partial charge on any atom is -0.506 e. The van der Waals surface area contributed by atoms with Crippen LogP contribution in [0.3, 0.4) is 0 Å². The van der Waals surface area contributed by atoms with Gasteiger partial charge in [0, 0.05) is 27.3 Å². The van der Waals surface area contributed by atoms with Gasteiger partial charge in [0.15, 0.2) is 11.6 Å². The van der Waals surface area contributed by atoms with Crippen LogP contribution in [0.2, 0.25) is 0 Å². The van der Waals surface area contributed by atoms with Gasteiger partial charge in [-0.2, -0.15) is 0 Å². The van der Waals surface area contributed by atoms with Gasteiger partial charge in [-0.1, -0.05) is 12.1 Å². The molecule has 1 aromatic carbocycles. The standard InChI is InChI=1S/C17H11F2NO4S2/c1-7-2-3-8(14(19)13(7)18)9-5-26-16(12(9)17(23)24)20-15(22)10-4-25-6-11(10)21/h2-6,21H,1H3,(H,20,22)(H,23,24). The number of amides is 1. The van der Waals surface area contributed by atoms with E-state index in [1.54, 1.807) is 0 Å². The second-order valence-corrected chi connectivity index (χ2v) is 6.96. The van der Waals surface area contributed by atoms with Gasteiger partial charge in [-0.05, 0) is 12.5 Å². The Kier molecular flexibility index (Phi) is 4.75. The third kappa shape index (κ3) is 3.06. The first-order chi connectivity index (χ1) is 12.3. The van der Waals surface area contributed by atoms with Crippen molar-refractivity contribution in [1.82, 2.24) is 0 Å². The van der Waals surface area contributed by atoms with E-state index in [0.29, 0.717) is 0 Å². The van der Waals surface area contributed by atoms with Gasteiger partial charge in [0.25, 0.3) is 5.91 Å². The molecule has 2 heterocycles. The highest BCUT2D eigenvalue weighted by Gasteiger charge is 2.25. The van der Waals surface area contributed by atoms with Crippen LogP contribution in [0.1, 0.15) is 26.3 Å². The van der Waals surface area contributed by atoms with Crippen molar-refractivity contribution in [2.24, 2.45) is 0 Å². The molecule has 0 fully saturated rings. The molecule has 3 aromatic rings. The second-order valence-electron chi connectivity index (χ2n) is 5.34. The fraction of sp³-hybridized carbons (Fsp3) is 0.0588. The molecule has 0 spiro atoms. The number of carbonyl (C=O) groups is 2. The van der Waals surface area contributed by atoms with E-state index < -0.39 is 23.5 Å². The van der Waals surface area contributed by atoms with Crippen molar-refractivity contribution >= 4 is 39.6 Å². The molecular formula is C17H11F2NO4S2. The number of rotatable bonds is 4. The highest BCUT2D eigenvalue weighted by atomic mass is 32.1. The van der Waals surface area contributed by atoms with E-state index in [1.165, 1.54) is 35.2 Å². The number of carbonyl (C=O) groups excluding carboxylic acids is 1. The summed E-state index contributed by atoms with van der Waals surface area (Å²) >= 11 is 1.98. The van der Waals surface area contributed by atoms with Crippen molar-refractivity contribution in [3.8, 4) is 16.9 Å².